The topological polar surface area (TPSA) is 80.7 Å². The Balaban J connectivity index is 1.55. The van der Waals surface area contributed by atoms with Crippen LogP contribution in [-0.2, 0) is 24.4 Å². The molecule has 0 radical (unpaired) electrons. The van der Waals surface area contributed by atoms with Gasteiger partial charge in [-0.05, 0) is 24.1 Å². The van der Waals surface area contributed by atoms with E-state index in [0.717, 1.165) is 31.8 Å². The molecule has 1 aromatic carbocycles. The van der Waals surface area contributed by atoms with E-state index in [4.69, 9.17) is 14.9 Å². The summed E-state index contributed by atoms with van der Waals surface area (Å²) in [6.45, 7) is 6.46. The number of hydrogen-bond donors (Lipinski definition) is 2. The Kier molecular flexibility index (Phi) is 5.86. The van der Waals surface area contributed by atoms with Gasteiger partial charge in [0.25, 0.3) is 5.91 Å². The number of hydrogen-bond acceptors (Lipinski definition) is 5. The number of amides is 1. The lowest BCUT2D eigenvalue weighted by Gasteiger charge is -2.31. The van der Waals surface area contributed by atoms with Crippen LogP contribution in [0.25, 0.3) is 0 Å². The number of furan rings is 1. The quantitative estimate of drug-likeness (QED) is 0.837. The molecule has 1 atom stereocenters. The molecule has 2 heterocycles. The second kappa shape index (κ2) is 8.29. The van der Waals surface area contributed by atoms with Gasteiger partial charge in [-0.1, -0.05) is 24.3 Å². The molecule has 1 aliphatic rings. The Morgan fingerprint density at radius 1 is 1.36 bits per heavy atom. The number of nitrogens with two attached hydrogens (primary N) is 1. The van der Waals surface area contributed by atoms with Gasteiger partial charge in [-0.25, -0.2) is 0 Å². The molecule has 6 heteroatoms. The molecule has 134 valence electrons. The predicted octanol–water partition coefficient (Wildman–Crippen LogP) is 1.89. The van der Waals surface area contributed by atoms with Crippen molar-refractivity contribution in [2.24, 2.45) is 5.73 Å². The summed E-state index contributed by atoms with van der Waals surface area (Å²) in [5, 5.41) is 2.92. The number of rotatable bonds is 6. The lowest BCUT2D eigenvalue weighted by atomic mass is 10.1. The largest absolute Gasteiger partial charge is 0.467 e. The molecular formula is C19H25N3O3. The van der Waals surface area contributed by atoms with Crippen molar-refractivity contribution in [1.29, 1.82) is 0 Å². The minimum Gasteiger partial charge on any atom is -0.467 e. The third-order valence-corrected chi connectivity index (χ3v) is 4.29. The smallest absolute Gasteiger partial charge is 0.254 e. The van der Waals surface area contributed by atoms with Crippen LogP contribution in [0.15, 0.2) is 41.0 Å². The molecule has 1 fully saturated rings. The predicted molar refractivity (Wildman–Crippen MR) is 94.9 cm³/mol. The summed E-state index contributed by atoms with van der Waals surface area (Å²) < 4.78 is 10.8. The van der Waals surface area contributed by atoms with Crippen molar-refractivity contribution >= 4 is 5.91 Å². The SMILES string of the molecule is CC1CN(Cc2cccc(CNC(=O)c3coc(CN)c3)c2)CCO1. The zero-order chi connectivity index (χ0) is 17.6. The maximum absolute atomic E-state index is 12.2. The molecule has 25 heavy (non-hydrogen) atoms. The normalized spacial score (nSPS) is 18.2. The molecule has 2 aromatic rings. The first-order valence-electron chi connectivity index (χ1n) is 8.61. The van der Waals surface area contributed by atoms with Crippen LogP contribution in [0.2, 0.25) is 0 Å². The number of nitrogens with one attached hydrogen (secondary N) is 1. The van der Waals surface area contributed by atoms with Gasteiger partial charge < -0.3 is 20.2 Å². The van der Waals surface area contributed by atoms with Gasteiger partial charge in [0.15, 0.2) is 0 Å². The summed E-state index contributed by atoms with van der Waals surface area (Å²) in [6, 6.07) is 9.99. The summed E-state index contributed by atoms with van der Waals surface area (Å²) in [7, 11) is 0. The van der Waals surface area contributed by atoms with E-state index in [1.54, 1.807) is 6.07 Å². The first kappa shape index (κ1) is 17.7. The van der Waals surface area contributed by atoms with E-state index >= 15 is 0 Å². The van der Waals surface area contributed by atoms with E-state index in [9.17, 15) is 4.79 Å². The van der Waals surface area contributed by atoms with E-state index in [1.807, 2.05) is 12.1 Å². The number of carbonyl (C=O) groups excluding carboxylic acids is 1. The van der Waals surface area contributed by atoms with E-state index in [1.165, 1.54) is 11.8 Å². The molecule has 0 saturated carbocycles. The van der Waals surface area contributed by atoms with E-state index in [-0.39, 0.29) is 18.6 Å². The second-order valence-electron chi connectivity index (χ2n) is 6.42. The fourth-order valence-corrected chi connectivity index (χ4v) is 3.02. The molecule has 3 N–H and O–H groups in total. The summed E-state index contributed by atoms with van der Waals surface area (Å²) in [4.78, 5) is 14.5. The fraction of sp³-hybridized carbons (Fsp3) is 0.421. The van der Waals surface area contributed by atoms with Crippen LogP contribution in [0.3, 0.4) is 0 Å². The molecular weight excluding hydrogens is 318 g/mol. The minimum atomic E-state index is -0.157. The molecule has 0 aliphatic carbocycles. The monoisotopic (exact) mass is 343 g/mol. The average Bonchev–Trinajstić information content (AvgIpc) is 3.09. The van der Waals surface area contributed by atoms with E-state index < -0.39 is 0 Å². The van der Waals surface area contributed by atoms with Crippen molar-refractivity contribution in [3.8, 4) is 0 Å². The zero-order valence-corrected chi connectivity index (χ0v) is 14.5. The van der Waals surface area contributed by atoms with Gasteiger partial charge in [0.2, 0.25) is 0 Å². The van der Waals surface area contributed by atoms with Crippen molar-refractivity contribution in [2.45, 2.75) is 32.7 Å². The molecule has 1 aromatic heterocycles. The Morgan fingerprint density at radius 3 is 2.96 bits per heavy atom. The van der Waals surface area contributed by atoms with Crippen molar-refractivity contribution in [3.05, 3.63) is 59.0 Å². The lowest BCUT2D eigenvalue weighted by Crippen LogP contribution is -2.40. The number of morpholine rings is 1. The maximum atomic E-state index is 12.2. The van der Waals surface area contributed by atoms with Crippen LogP contribution in [0.4, 0.5) is 0 Å². The van der Waals surface area contributed by atoms with Gasteiger partial charge in [-0.15, -0.1) is 0 Å². The van der Waals surface area contributed by atoms with Crippen molar-refractivity contribution in [1.82, 2.24) is 10.2 Å². The molecule has 6 nitrogen and oxygen atoms in total. The van der Waals surface area contributed by atoms with Crippen LogP contribution in [0.1, 0.15) is 34.2 Å². The van der Waals surface area contributed by atoms with Gasteiger partial charge in [-0.2, -0.15) is 0 Å². The van der Waals surface area contributed by atoms with Gasteiger partial charge in [0.1, 0.15) is 12.0 Å². The highest BCUT2D eigenvalue weighted by atomic mass is 16.5. The van der Waals surface area contributed by atoms with Crippen LogP contribution >= 0.6 is 0 Å². The van der Waals surface area contributed by atoms with Gasteiger partial charge >= 0.3 is 0 Å². The summed E-state index contributed by atoms with van der Waals surface area (Å²) in [5.41, 5.74) is 8.32. The van der Waals surface area contributed by atoms with Gasteiger partial charge in [0, 0.05) is 26.2 Å². The molecule has 3 rings (SSSR count). The highest BCUT2D eigenvalue weighted by Gasteiger charge is 2.16. The maximum Gasteiger partial charge on any atom is 0.254 e. The van der Waals surface area contributed by atoms with Crippen LogP contribution in [0, 0.1) is 0 Å². The van der Waals surface area contributed by atoms with Crippen LogP contribution < -0.4 is 11.1 Å². The lowest BCUT2D eigenvalue weighted by molar-refractivity contribution is -0.0212. The highest BCUT2D eigenvalue weighted by molar-refractivity contribution is 5.93. The standard InChI is InChI=1S/C19H25N3O3/c1-14-11-22(5-6-24-14)12-16-4-2-3-15(7-16)10-21-19(23)17-8-18(9-20)25-13-17/h2-4,7-8,13-14H,5-6,9-12,20H2,1H3,(H,21,23). The van der Waals surface area contributed by atoms with Crippen LogP contribution in [0.5, 0.6) is 0 Å². The van der Waals surface area contributed by atoms with E-state index in [0.29, 0.717) is 17.9 Å². The molecule has 0 bridgehead atoms. The molecule has 1 amide bonds. The zero-order valence-electron chi connectivity index (χ0n) is 14.5. The summed E-state index contributed by atoms with van der Waals surface area (Å²) >= 11 is 0. The van der Waals surface area contributed by atoms with Crippen molar-refractivity contribution in [2.75, 3.05) is 19.7 Å². The Labute approximate surface area is 147 Å². The molecule has 1 unspecified atom stereocenters. The molecule has 1 aliphatic heterocycles. The second-order valence-corrected chi connectivity index (χ2v) is 6.42. The van der Waals surface area contributed by atoms with Crippen LogP contribution in [-0.4, -0.2) is 36.6 Å². The van der Waals surface area contributed by atoms with Crippen molar-refractivity contribution in [3.63, 3.8) is 0 Å². The highest BCUT2D eigenvalue weighted by Crippen LogP contribution is 2.13. The van der Waals surface area contributed by atoms with E-state index in [2.05, 4.69) is 29.3 Å². The first-order valence-corrected chi connectivity index (χ1v) is 8.61. The Morgan fingerprint density at radius 2 is 2.20 bits per heavy atom. The first-order chi connectivity index (χ1) is 12.1. The summed E-state index contributed by atoms with van der Waals surface area (Å²) in [6.07, 6.45) is 1.72. The number of ether oxygens (including phenoxy) is 1. The summed E-state index contributed by atoms with van der Waals surface area (Å²) in [5.74, 6) is 0.447. The minimum absolute atomic E-state index is 0.157. The number of benzene rings is 1. The average molecular weight is 343 g/mol. The molecule has 1 saturated heterocycles. The Bertz CT molecular complexity index is 713. The third-order valence-electron chi connectivity index (χ3n) is 4.29. The Hall–Kier alpha value is -2.15. The third kappa shape index (κ3) is 4.92. The van der Waals surface area contributed by atoms with Gasteiger partial charge in [0.05, 0.1) is 24.8 Å². The number of nitrogens with zero attached hydrogens (tertiary/aromatic N) is 1. The fourth-order valence-electron chi connectivity index (χ4n) is 3.02. The molecule has 0 spiro atoms. The number of carbonyl (C=O) groups is 1. The van der Waals surface area contributed by atoms with Crippen molar-refractivity contribution < 1.29 is 13.9 Å². The van der Waals surface area contributed by atoms with Gasteiger partial charge in [-0.3, -0.25) is 9.69 Å².